The minimum Gasteiger partial charge on any atom is -0.381 e. The minimum absolute atomic E-state index is 0.379. The topological polar surface area (TPSA) is 27.1 Å². The molecule has 2 heterocycles. The fourth-order valence-electron chi connectivity index (χ4n) is 2.95. The molecule has 19 heavy (non-hydrogen) atoms. The van der Waals surface area contributed by atoms with Crippen molar-refractivity contribution in [1.82, 2.24) is 9.55 Å². The van der Waals surface area contributed by atoms with Crippen molar-refractivity contribution in [2.24, 2.45) is 5.92 Å². The maximum Gasteiger partial charge on any atom is 0.125 e. The highest BCUT2D eigenvalue weighted by atomic mass is 35.5. The summed E-state index contributed by atoms with van der Waals surface area (Å²) < 4.78 is 7.81. The fourth-order valence-corrected chi connectivity index (χ4v) is 3.14. The van der Waals surface area contributed by atoms with Crippen LogP contribution in [0.3, 0.4) is 0 Å². The molecule has 0 spiro atoms. The number of fused-ring (bicyclic) bond motifs is 1. The van der Waals surface area contributed by atoms with Crippen LogP contribution in [0.25, 0.3) is 11.0 Å². The summed E-state index contributed by atoms with van der Waals surface area (Å²) in [6.45, 7) is 6.05. The SMILES string of the molecule is Cc1ccc2c(c1)nc(CCl)n2C(C)C1CCOC1. The first-order chi connectivity index (χ1) is 9.20. The van der Waals surface area contributed by atoms with Gasteiger partial charge in [0.2, 0.25) is 0 Å². The van der Waals surface area contributed by atoms with Crippen LogP contribution in [0.15, 0.2) is 18.2 Å². The molecule has 4 heteroatoms. The van der Waals surface area contributed by atoms with Crippen molar-refractivity contribution < 1.29 is 4.74 Å². The number of aryl methyl sites for hydroxylation is 1. The largest absolute Gasteiger partial charge is 0.381 e. The lowest BCUT2D eigenvalue weighted by atomic mass is 10.00. The molecular weight excluding hydrogens is 260 g/mol. The van der Waals surface area contributed by atoms with Crippen LogP contribution < -0.4 is 0 Å². The molecule has 3 rings (SSSR count). The molecule has 1 aliphatic rings. The van der Waals surface area contributed by atoms with Crippen LogP contribution in [0.5, 0.6) is 0 Å². The number of rotatable bonds is 3. The van der Waals surface area contributed by atoms with Crippen molar-refractivity contribution in [3.8, 4) is 0 Å². The number of benzene rings is 1. The second-order valence-corrected chi connectivity index (χ2v) is 5.66. The smallest absolute Gasteiger partial charge is 0.125 e. The Morgan fingerprint density at radius 1 is 1.53 bits per heavy atom. The Labute approximate surface area is 118 Å². The molecule has 2 unspecified atom stereocenters. The van der Waals surface area contributed by atoms with Gasteiger partial charge in [-0.25, -0.2) is 4.98 Å². The normalized spacial score (nSPS) is 21.1. The molecule has 0 saturated carbocycles. The number of halogens is 1. The quantitative estimate of drug-likeness (QED) is 0.801. The Kier molecular flexibility index (Phi) is 3.50. The molecule has 0 N–H and O–H groups in total. The summed E-state index contributed by atoms with van der Waals surface area (Å²) in [4.78, 5) is 4.67. The number of nitrogens with zero attached hydrogens (tertiary/aromatic N) is 2. The number of ether oxygens (including phenoxy) is 1. The maximum atomic E-state index is 6.08. The number of aromatic nitrogens is 2. The van der Waals surface area contributed by atoms with Gasteiger partial charge in [0.1, 0.15) is 5.82 Å². The van der Waals surface area contributed by atoms with Gasteiger partial charge in [0.25, 0.3) is 0 Å². The highest BCUT2D eigenvalue weighted by Gasteiger charge is 2.26. The highest BCUT2D eigenvalue weighted by Crippen LogP contribution is 2.31. The van der Waals surface area contributed by atoms with Crippen molar-refractivity contribution in [2.45, 2.75) is 32.2 Å². The molecule has 1 fully saturated rings. The molecule has 1 aliphatic heterocycles. The van der Waals surface area contributed by atoms with Gasteiger partial charge in [-0.2, -0.15) is 0 Å². The van der Waals surface area contributed by atoms with Crippen LogP contribution in [0.4, 0.5) is 0 Å². The second-order valence-electron chi connectivity index (χ2n) is 5.39. The van der Waals surface area contributed by atoms with E-state index in [4.69, 9.17) is 16.3 Å². The Morgan fingerprint density at radius 3 is 3.05 bits per heavy atom. The Balaban J connectivity index is 2.09. The van der Waals surface area contributed by atoms with E-state index in [1.54, 1.807) is 0 Å². The van der Waals surface area contributed by atoms with Crippen molar-refractivity contribution in [3.05, 3.63) is 29.6 Å². The molecule has 0 radical (unpaired) electrons. The average molecular weight is 279 g/mol. The monoisotopic (exact) mass is 278 g/mol. The van der Waals surface area contributed by atoms with E-state index in [9.17, 15) is 0 Å². The van der Waals surface area contributed by atoms with Gasteiger partial charge >= 0.3 is 0 Å². The molecule has 1 aromatic heterocycles. The molecule has 3 nitrogen and oxygen atoms in total. The zero-order valence-electron chi connectivity index (χ0n) is 11.4. The van der Waals surface area contributed by atoms with Crippen LogP contribution in [-0.2, 0) is 10.6 Å². The van der Waals surface area contributed by atoms with Crippen LogP contribution in [-0.4, -0.2) is 22.8 Å². The molecule has 2 atom stereocenters. The maximum absolute atomic E-state index is 6.08. The van der Waals surface area contributed by atoms with Crippen LogP contribution in [0.1, 0.15) is 30.8 Å². The number of hydrogen-bond acceptors (Lipinski definition) is 2. The molecular formula is C15H19ClN2O. The van der Waals surface area contributed by atoms with Gasteiger partial charge in [0, 0.05) is 18.6 Å². The first-order valence-electron chi connectivity index (χ1n) is 6.82. The van der Waals surface area contributed by atoms with Gasteiger partial charge in [0.15, 0.2) is 0 Å². The molecule has 2 aromatic rings. The minimum atomic E-state index is 0.379. The second kappa shape index (κ2) is 5.14. The third kappa shape index (κ3) is 2.26. The summed E-state index contributed by atoms with van der Waals surface area (Å²) in [7, 11) is 0. The van der Waals surface area contributed by atoms with E-state index in [0.717, 1.165) is 31.0 Å². The summed E-state index contributed by atoms with van der Waals surface area (Å²) in [6.07, 6.45) is 1.12. The van der Waals surface area contributed by atoms with Gasteiger partial charge in [-0.3, -0.25) is 0 Å². The third-order valence-corrected chi connectivity index (χ3v) is 4.33. The van der Waals surface area contributed by atoms with Crippen molar-refractivity contribution >= 4 is 22.6 Å². The lowest BCUT2D eigenvalue weighted by molar-refractivity contribution is 0.175. The molecule has 0 bridgehead atoms. The molecule has 0 aliphatic carbocycles. The van der Waals surface area contributed by atoms with Crippen LogP contribution >= 0.6 is 11.6 Å². The van der Waals surface area contributed by atoms with Crippen molar-refractivity contribution in [2.75, 3.05) is 13.2 Å². The number of imidazole rings is 1. The third-order valence-electron chi connectivity index (χ3n) is 4.09. The lowest BCUT2D eigenvalue weighted by Gasteiger charge is -2.22. The van der Waals surface area contributed by atoms with E-state index < -0.39 is 0 Å². The standard InChI is InChI=1S/C15H19ClN2O/c1-10-3-4-14-13(7-10)17-15(8-16)18(14)11(2)12-5-6-19-9-12/h3-4,7,11-12H,5-6,8-9H2,1-2H3. The highest BCUT2D eigenvalue weighted by molar-refractivity contribution is 6.16. The molecule has 102 valence electrons. The van der Waals surface area contributed by atoms with Crippen molar-refractivity contribution in [1.29, 1.82) is 0 Å². The van der Waals surface area contributed by atoms with Crippen LogP contribution in [0.2, 0.25) is 0 Å². The number of alkyl halides is 1. The first kappa shape index (κ1) is 12.9. The van der Waals surface area contributed by atoms with Gasteiger partial charge in [-0.15, -0.1) is 11.6 Å². The summed E-state index contributed by atoms with van der Waals surface area (Å²) >= 11 is 6.08. The Bertz CT molecular complexity index is 587. The summed E-state index contributed by atoms with van der Waals surface area (Å²) in [5, 5.41) is 0. The molecule has 0 amide bonds. The van der Waals surface area contributed by atoms with E-state index in [1.165, 1.54) is 11.1 Å². The Hall–Kier alpha value is -1.06. The molecule has 1 aromatic carbocycles. The van der Waals surface area contributed by atoms with Gasteiger partial charge in [-0.05, 0) is 38.0 Å². The first-order valence-corrected chi connectivity index (χ1v) is 7.35. The summed E-state index contributed by atoms with van der Waals surface area (Å²) in [6, 6.07) is 6.79. The average Bonchev–Trinajstić information content (AvgIpc) is 3.04. The zero-order valence-corrected chi connectivity index (χ0v) is 12.2. The molecule has 1 saturated heterocycles. The van der Waals surface area contributed by atoms with E-state index in [1.807, 2.05) is 0 Å². The predicted octanol–water partition coefficient (Wildman–Crippen LogP) is 3.68. The van der Waals surface area contributed by atoms with E-state index in [0.29, 0.717) is 17.8 Å². The number of hydrogen-bond donors (Lipinski definition) is 0. The van der Waals surface area contributed by atoms with E-state index in [2.05, 4.69) is 41.6 Å². The van der Waals surface area contributed by atoms with Gasteiger partial charge < -0.3 is 9.30 Å². The van der Waals surface area contributed by atoms with Gasteiger partial charge in [0.05, 0.1) is 23.5 Å². The predicted molar refractivity (Wildman–Crippen MR) is 77.7 cm³/mol. The Morgan fingerprint density at radius 2 is 2.37 bits per heavy atom. The summed E-state index contributed by atoms with van der Waals surface area (Å²) in [5.74, 6) is 1.97. The lowest BCUT2D eigenvalue weighted by Crippen LogP contribution is -2.18. The summed E-state index contributed by atoms with van der Waals surface area (Å²) in [5.41, 5.74) is 3.46. The zero-order chi connectivity index (χ0) is 13.4. The fraction of sp³-hybridized carbons (Fsp3) is 0.533. The van der Waals surface area contributed by atoms with Crippen LogP contribution in [0, 0.1) is 12.8 Å². The van der Waals surface area contributed by atoms with Gasteiger partial charge in [-0.1, -0.05) is 6.07 Å². The van der Waals surface area contributed by atoms with Crippen molar-refractivity contribution in [3.63, 3.8) is 0 Å². The van der Waals surface area contributed by atoms with E-state index >= 15 is 0 Å². The van der Waals surface area contributed by atoms with E-state index in [-0.39, 0.29) is 0 Å².